The second-order valence-corrected chi connectivity index (χ2v) is 12.9. The Bertz CT molecular complexity index is 2840. The van der Waals surface area contributed by atoms with Crippen LogP contribution in [0.1, 0.15) is 0 Å². The highest BCUT2D eigenvalue weighted by Crippen LogP contribution is 2.41. The average molecular weight is 632 g/mol. The van der Waals surface area contributed by atoms with Crippen molar-refractivity contribution in [2.24, 2.45) is 0 Å². The molecule has 0 N–H and O–H groups in total. The van der Waals surface area contributed by atoms with Gasteiger partial charge in [0.05, 0.1) is 21.3 Å². The molecule has 0 atom stereocenters. The molecular weight excluding hydrogens is 607 g/mol. The molecule has 0 bridgehead atoms. The largest absolute Gasteiger partial charge is 0.309 e. The monoisotopic (exact) mass is 631 g/mol. The van der Waals surface area contributed by atoms with Crippen LogP contribution in [0.3, 0.4) is 0 Å². The highest BCUT2D eigenvalue weighted by Gasteiger charge is 2.20. The topological polar surface area (TPSA) is 56.5 Å². The fraction of sp³-hybridized carbons (Fsp3) is 0. The number of hydrogen-bond donors (Lipinski definition) is 0. The number of aromatic nitrogens is 5. The van der Waals surface area contributed by atoms with Crippen molar-refractivity contribution >= 4 is 64.2 Å². The van der Waals surface area contributed by atoms with Gasteiger partial charge in [-0.2, -0.15) is 0 Å². The van der Waals surface area contributed by atoms with Gasteiger partial charge in [0.25, 0.3) is 0 Å². The lowest BCUT2D eigenvalue weighted by atomic mass is 10.0. The van der Waals surface area contributed by atoms with Crippen LogP contribution in [0.15, 0.2) is 152 Å². The maximum atomic E-state index is 5.27. The molecule has 0 saturated carbocycles. The van der Waals surface area contributed by atoms with Crippen LogP contribution in [0.2, 0.25) is 0 Å². The summed E-state index contributed by atoms with van der Waals surface area (Å²) in [6, 6.07) is 50.6. The van der Waals surface area contributed by atoms with Gasteiger partial charge in [-0.05, 0) is 41.8 Å². The number of para-hydroxylation sites is 2. The smallest absolute Gasteiger partial charge is 0.164 e. The molecule has 0 aliphatic heterocycles. The van der Waals surface area contributed by atoms with E-state index in [1.807, 2.05) is 30.5 Å². The van der Waals surface area contributed by atoms with Gasteiger partial charge in [-0.15, -0.1) is 11.3 Å². The number of hydrogen-bond acceptors (Lipinski definition) is 5. The van der Waals surface area contributed by atoms with E-state index in [9.17, 15) is 0 Å². The number of pyridine rings is 1. The molecule has 0 unspecified atom stereocenters. The van der Waals surface area contributed by atoms with Crippen LogP contribution >= 0.6 is 11.3 Å². The summed E-state index contributed by atoms with van der Waals surface area (Å²) in [6.07, 6.45) is 1.87. The van der Waals surface area contributed by atoms with Crippen molar-refractivity contribution in [1.29, 1.82) is 0 Å². The lowest BCUT2D eigenvalue weighted by molar-refractivity contribution is 1.08. The maximum Gasteiger partial charge on any atom is 0.164 e. The lowest BCUT2D eigenvalue weighted by Crippen LogP contribution is -2.01. The first kappa shape index (κ1) is 26.9. The number of fused-ring (bicyclic) bond motifs is 8. The number of thiophene rings is 1. The van der Waals surface area contributed by atoms with Crippen LogP contribution in [0.25, 0.3) is 92.7 Å². The van der Waals surface area contributed by atoms with Gasteiger partial charge in [-0.1, -0.05) is 109 Å². The van der Waals surface area contributed by atoms with Crippen molar-refractivity contribution < 1.29 is 0 Å². The molecule has 0 radical (unpaired) electrons. The Morgan fingerprint density at radius 1 is 0.458 bits per heavy atom. The van der Waals surface area contributed by atoms with E-state index in [1.54, 1.807) is 11.3 Å². The summed E-state index contributed by atoms with van der Waals surface area (Å²) in [4.78, 5) is 20.3. The first-order chi connectivity index (χ1) is 23.8. The average Bonchev–Trinajstić information content (AvgIpc) is 3.71. The fourth-order valence-electron chi connectivity index (χ4n) is 7.00. The third-order valence-electron chi connectivity index (χ3n) is 9.11. The molecule has 0 spiro atoms. The fourth-order valence-corrected chi connectivity index (χ4v) is 8.19. The summed E-state index contributed by atoms with van der Waals surface area (Å²) in [7, 11) is 0. The minimum absolute atomic E-state index is 0.642. The zero-order valence-electron chi connectivity index (χ0n) is 25.6. The second-order valence-electron chi connectivity index (χ2n) is 11.9. The molecular formula is C42H25N5S. The summed E-state index contributed by atoms with van der Waals surface area (Å²) in [6.45, 7) is 0. The van der Waals surface area contributed by atoms with Crippen molar-refractivity contribution in [2.75, 3.05) is 0 Å². The molecule has 0 aliphatic carbocycles. The Hall–Kier alpha value is -6.24. The van der Waals surface area contributed by atoms with Gasteiger partial charge in [0.2, 0.25) is 0 Å². The first-order valence-corrected chi connectivity index (χ1v) is 16.7. The molecule has 4 heterocycles. The number of benzene rings is 6. The van der Waals surface area contributed by atoms with E-state index in [-0.39, 0.29) is 0 Å². The molecule has 0 saturated heterocycles. The molecule has 6 aromatic carbocycles. The highest BCUT2D eigenvalue weighted by molar-refractivity contribution is 7.26. The molecule has 0 amide bonds. The Labute approximate surface area is 279 Å². The van der Waals surface area contributed by atoms with Crippen LogP contribution in [-0.2, 0) is 0 Å². The third-order valence-corrected chi connectivity index (χ3v) is 10.3. The van der Waals surface area contributed by atoms with Gasteiger partial charge < -0.3 is 4.57 Å². The molecule has 5 nitrogen and oxygen atoms in total. The van der Waals surface area contributed by atoms with Crippen LogP contribution in [0, 0.1) is 0 Å². The van der Waals surface area contributed by atoms with E-state index in [0.29, 0.717) is 17.5 Å². The van der Waals surface area contributed by atoms with Gasteiger partial charge in [0.15, 0.2) is 17.5 Å². The minimum Gasteiger partial charge on any atom is -0.309 e. The summed E-state index contributed by atoms with van der Waals surface area (Å²) in [5.74, 6) is 1.93. The van der Waals surface area contributed by atoms with Crippen molar-refractivity contribution in [3.05, 3.63) is 152 Å². The number of rotatable bonds is 4. The van der Waals surface area contributed by atoms with Gasteiger partial charge in [0.1, 0.15) is 0 Å². The Balaban J connectivity index is 1.26. The van der Waals surface area contributed by atoms with Crippen molar-refractivity contribution in [1.82, 2.24) is 24.5 Å². The van der Waals surface area contributed by atoms with E-state index in [2.05, 4.69) is 126 Å². The molecule has 0 fully saturated rings. The van der Waals surface area contributed by atoms with Crippen LogP contribution in [0.5, 0.6) is 0 Å². The molecule has 224 valence electrons. The second kappa shape index (κ2) is 10.7. The van der Waals surface area contributed by atoms with Crippen LogP contribution < -0.4 is 0 Å². The SMILES string of the molecule is c1ccc(-c2nc(-c3cccc4c3ccc3c5ncccc5sc43)nc(-c3cccc4c3c3ccccc3n4-c3ccccc3)n2)cc1. The van der Waals surface area contributed by atoms with E-state index in [1.165, 1.54) is 20.2 Å². The van der Waals surface area contributed by atoms with Crippen molar-refractivity contribution in [2.45, 2.75) is 0 Å². The minimum atomic E-state index is 0.642. The van der Waals surface area contributed by atoms with E-state index < -0.39 is 0 Å². The van der Waals surface area contributed by atoms with Crippen molar-refractivity contribution in [3.63, 3.8) is 0 Å². The predicted octanol–water partition coefficient (Wildman–Crippen LogP) is 10.9. The highest BCUT2D eigenvalue weighted by atomic mass is 32.1. The molecule has 48 heavy (non-hydrogen) atoms. The quantitative estimate of drug-likeness (QED) is 0.194. The van der Waals surface area contributed by atoms with Gasteiger partial charge >= 0.3 is 0 Å². The Morgan fingerprint density at radius 3 is 2.00 bits per heavy atom. The molecule has 10 rings (SSSR count). The molecule has 0 aliphatic rings. The summed E-state index contributed by atoms with van der Waals surface area (Å²) >= 11 is 1.78. The standard InChI is InChI=1S/C42H25N5S/c1-3-12-26(13-4-1)40-44-41(30-18-9-17-29-28(30)23-24-33-38-36(48-39(29)33)22-11-25-43-38)46-42(45-40)32-19-10-21-35-37(32)31-16-7-8-20-34(31)47(35)27-14-5-2-6-15-27/h1-25H. The van der Waals surface area contributed by atoms with Crippen LogP contribution in [-0.4, -0.2) is 24.5 Å². The zero-order chi connectivity index (χ0) is 31.6. The van der Waals surface area contributed by atoms with Gasteiger partial charge in [-0.3, -0.25) is 4.98 Å². The van der Waals surface area contributed by atoms with Crippen molar-refractivity contribution in [3.8, 4) is 39.9 Å². The van der Waals surface area contributed by atoms with Crippen LogP contribution in [0.4, 0.5) is 0 Å². The summed E-state index contributed by atoms with van der Waals surface area (Å²) < 4.78 is 4.73. The van der Waals surface area contributed by atoms with E-state index in [0.717, 1.165) is 55.1 Å². The van der Waals surface area contributed by atoms with E-state index in [4.69, 9.17) is 19.9 Å². The lowest BCUT2D eigenvalue weighted by Gasteiger charge is -2.12. The normalized spacial score (nSPS) is 11.8. The third kappa shape index (κ3) is 4.10. The Kier molecular flexibility index (Phi) is 5.98. The maximum absolute atomic E-state index is 5.27. The van der Waals surface area contributed by atoms with E-state index >= 15 is 0 Å². The number of nitrogens with zero attached hydrogens (tertiary/aromatic N) is 5. The first-order valence-electron chi connectivity index (χ1n) is 15.9. The summed E-state index contributed by atoms with van der Waals surface area (Å²) in [5, 5.41) is 5.71. The molecule has 10 aromatic rings. The van der Waals surface area contributed by atoms with Gasteiger partial charge in [-0.25, -0.2) is 15.0 Å². The Morgan fingerprint density at radius 2 is 1.12 bits per heavy atom. The zero-order valence-corrected chi connectivity index (χ0v) is 26.4. The predicted molar refractivity (Wildman–Crippen MR) is 199 cm³/mol. The van der Waals surface area contributed by atoms with Gasteiger partial charge in [0, 0.05) is 54.8 Å². The summed E-state index contributed by atoms with van der Waals surface area (Å²) in [5.41, 5.74) is 7.28. The molecule has 4 aromatic heterocycles. The molecule has 6 heteroatoms.